The molecule has 21 heavy (non-hydrogen) atoms. The molecule has 5 heteroatoms. The number of likely N-dealkylation sites (N-methyl/N-ethyl adjacent to an activating group) is 1. The van der Waals surface area contributed by atoms with Crippen molar-refractivity contribution in [1.82, 2.24) is 10.2 Å². The number of carbonyl (C=O) groups is 1. The SMILES string of the molecule is CCCN(CCOc1ccc(CCN)cc1)CC(=O)NC. The van der Waals surface area contributed by atoms with Crippen LogP contribution in [-0.2, 0) is 11.2 Å². The predicted molar refractivity (Wildman–Crippen MR) is 85.5 cm³/mol. The Morgan fingerprint density at radius 3 is 2.57 bits per heavy atom. The number of nitrogens with one attached hydrogen (secondary N) is 1. The summed E-state index contributed by atoms with van der Waals surface area (Å²) >= 11 is 0. The molecule has 0 saturated carbocycles. The lowest BCUT2D eigenvalue weighted by Gasteiger charge is -2.20. The van der Waals surface area contributed by atoms with Crippen LogP contribution in [-0.4, -0.2) is 50.6 Å². The van der Waals surface area contributed by atoms with Crippen molar-refractivity contribution in [3.63, 3.8) is 0 Å². The molecular weight excluding hydrogens is 266 g/mol. The largest absolute Gasteiger partial charge is 0.492 e. The number of hydrogen-bond acceptors (Lipinski definition) is 4. The Hall–Kier alpha value is -1.59. The Balaban J connectivity index is 2.36. The molecule has 0 fully saturated rings. The number of hydrogen-bond donors (Lipinski definition) is 2. The minimum Gasteiger partial charge on any atom is -0.492 e. The van der Waals surface area contributed by atoms with Gasteiger partial charge in [0.25, 0.3) is 0 Å². The van der Waals surface area contributed by atoms with Gasteiger partial charge in [-0.15, -0.1) is 0 Å². The molecule has 0 aromatic heterocycles. The molecule has 5 nitrogen and oxygen atoms in total. The van der Waals surface area contributed by atoms with E-state index in [0.717, 1.165) is 31.7 Å². The first-order chi connectivity index (χ1) is 10.2. The van der Waals surface area contributed by atoms with Crippen molar-refractivity contribution in [3.8, 4) is 5.75 Å². The third kappa shape index (κ3) is 7.11. The van der Waals surface area contributed by atoms with Gasteiger partial charge in [0.1, 0.15) is 12.4 Å². The van der Waals surface area contributed by atoms with Crippen LogP contribution < -0.4 is 15.8 Å². The van der Waals surface area contributed by atoms with Crippen molar-refractivity contribution < 1.29 is 9.53 Å². The third-order valence-electron chi connectivity index (χ3n) is 3.22. The molecule has 1 aromatic rings. The van der Waals surface area contributed by atoms with Gasteiger partial charge in [0.15, 0.2) is 0 Å². The van der Waals surface area contributed by atoms with Gasteiger partial charge in [0.2, 0.25) is 5.91 Å². The van der Waals surface area contributed by atoms with E-state index < -0.39 is 0 Å². The van der Waals surface area contributed by atoms with Crippen LogP contribution in [0.3, 0.4) is 0 Å². The molecule has 3 N–H and O–H groups in total. The summed E-state index contributed by atoms with van der Waals surface area (Å²) in [6, 6.07) is 8.01. The van der Waals surface area contributed by atoms with Crippen molar-refractivity contribution in [3.05, 3.63) is 29.8 Å². The van der Waals surface area contributed by atoms with Gasteiger partial charge in [0.05, 0.1) is 6.54 Å². The van der Waals surface area contributed by atoms with Crippen molar-refractivity contribution >= 4 is 5.91 Å². The molecule has 118 valence electrons. The monoisotopic (exact) mass is 293 g/mol. The Kier molecular flexibility index (Phi) is 8.47. The van der Waals surface area contributed by atoms with Gasteiger partial charge in [-0.2, -0.15) is 0 Å². The number of nitrogens with two attached hydrogens (primary N) is 1. The second-order valence-corrected chi connectivity index (χ2v) is 4.98. The maximum atomic E-state index is 11.4. The lowest BCUT2D eigenvalue weighted by Crippen LogP contribution is -2.38. The first-order valence-corrected chi connectivity index (χ1v) is 7.54. The summed E-state index contributed by atoms with van der Waals surface area (Å²) in [6.07, 6.45) is 1.90. The second-order valence-electron chi connectivity index (χ2n) is 4.98. The average molecular weight is 293 g/mol. The zero-order chi connectivity index (χ0) is 15.5. The molecule has 0 spiro atoms. The van der Waals surface area contributed by atoms with Gasteiger partial charge in [-0.3, -0.25) is 9.69 Å². The van der Waals surface area contributed by atoms with E-state index in [1.807, 2.05) is 24.3 Å². The molecule has 0 aliphatic heterocycles. The Bertz CT molecular complexity index is 406. The fraction of sp³-hybridized carbons (Fsp3) is 0.562. The van der Waals surface area contributed by atoms with Crippen LogP contribution in [0.5, 0.6) is 5.75 Å². The number of amides is 1. The van der Waals surface area contributed by atoms with Crippen LogP contribution in [0.15, 0.2) is 24.3 Å². The van der Waals surface area contributed by atoms with E-state index in [2.05, 4.69) is 17.1 Å². The third-order valence-corrected chi connectivity index (χ3v) is 3.22. The standard InChI is InChI=1S/C16H27N3O2/c1-3-10-19(13-16(20)18-2)11-12-21-15-6-4-14(5-7-15)8-9-17/h4-7H,3,8-13,17H2,1-2H3,(H,18,20). The van der Waals surface area contributed by atoms with Crippen molar-refractivity contribution in [2.75, 3.05) is 39.8 Å². The first kappa shape index (κ1) is 17.5. The Labute approximate surface area is 127 Å². The van der Waals surface area contributed by atoms with E-state index in [9.17, 15) is 4.79 Å². The van der Waals surface area contributed by atoms with Crippen LogP contribution in [0.4, 0.5) is 0 Å². The van der Waals surface area contributed by atoms with Crippen LogP contribution in [0.25, 0.3) is 0 Å². The van der Waals surface area contributed by atoms with Crippen LogP contribution >= 0.6 is 0 Å². The topological polar surface area (TPSA) is 67.6 Å². The van der Waals surface area contributed by atoms with Crippen LogP contribution in [0.1, 0.15) is 18.9 Å². The van der Waals surface area contributed by atoms with E-state index in [4.69, 9.17) is 10.5 Å². The first-order valence-electron chi connectivity index (χ1n) is 7.54. The zero-order valence-corrected chi connectivity index (χ0v) is 13.1. The maximum absolute atomic E-state index is 11.4. The smallest absolute Gasteiger partial charge is 0.233 e. The molecule has 0 radical (unpaired) electrons. The summed E-state index contributed by atoms with van der Waals surface area (Å²) < 4.78 is 5.73. The summed E-state index contributed by atoms with van der Waals surface area (Å²) in [4.78, 5) is 13.5. The second kappa shape index (κ2) is 10.2. The van der Waals surface area contributed by atoms with Crippen LogP contribution in [0, 0.1) is 0 Å². The van der Waals surface area contributed by atoms with Crippen LogP contribution in [0.2, 0.25) is 0 Å². The zero-order valence-electron chi connectivity index (χ0n) is 13.1. The van der Waals surface area contributed by atoms with E-state index in [-0.39, 0.29) is 5.91 Å². The highest BCUT2D eigenvalue weighted by Crippen LogP contribution is 2.12. The summed E-state index contributed by atoms with van der Waals surface area (Å²) in [5.74, 6) is 0.891. The molecule has 0 aliphatic carbocycles. The van der Waals surface area contributed by atoms with E-state index in [1.54, 1.807) is 7.05 Å². The summed E-state index contributed by atoms with van der Waals surface area (Å²) in [5.41, 5.74) is 6.74. The molecule has 0 bridgehead atoms. The average Bonchev–Trinajstić information content (AvgIpc) is 2.49. The summed E-state index contributed by atoms with van der Waals surface area (Å²) in [6.45, 7) is 5.40. The number of benzene rings is 1. The normalized spacial score (nSPS) is 10.7. The van der Waals surface area contributed by atoms with Crippen molar-refractivity contribution in [2.24, 2.45) is 5.73 Å². The molecule has 0 heterocycles. The molecule has 1 aromatic carbocycles. The molecule has 1 amide bonds. The quantitative estimate of drug-likeness (QED) is 0.676. The number of ether oxygens (including phenoxy) is 1. The Morgan fingerprint density at radius 2 is 2.00 bits per heavy atom. The van der Waals surface area contributed by atoms with E-state index in [0.29, 0.717) is 19.7 Å². The van der Waals surface area contributed by atoms with Gasteiger partial charge in [0, 0.05) is 13.6 Å². The molecule has 0 unspecified atom stereocenters. The predicted octanol–water partition coefficient (Wildman–Crippen LogP) is 1.02. The fourth-order valence-corrected chi connectivity index (χ4v) is 2.08. The Morgan fingerprint density at radius 1 is 1.29 bits per heavy atom. The lowest BCUT2D eigenvalue weighted by molar-refractivity contribution is -0.121. The molecule has 1 rings (SSSR count). The lowest BCUT2D eigenvalue weighted by atomic mass is 10.1. The molecular formula is C16H27N3O2. The molecule has 0 saturated heterocycles. The van der Waals surface area contributed by atoms with Gasteiger partial charge in [-0.05, 0) is 43.6 Å². The minimum atomic E-state index is 0.0367. The number of nitrogens with zero attached hydrogens (tertiary/aromatic N) is 1. The number of rotatable bonds is 10. The van der Waals surface area contributed by atoms with Gasteiger partial charge >= 0.3 is 0 Å². The van der Waals surface area contributed by atoms with E-state index >= 15 is 0 Å². The fourth-order valence-electron chi connectivity index (χ4n) is 2.08. The van der Waals surface area contributed by atoms with Gasteiger partial charge in [-0.1, -0.05) is 19.1 Å². The highest BCUT2D eigenvalue weighted by molar-refractivity contribution is 5.77. The van der Waals surface area contributed by atoms with Gasteiger partial charge < -0.3 is 15.8 Å². The van der Waals surface area contributed by atoms with Crippen molar-refractivity contribution in [1.29, 1.82) is 0 Å². The maximum Gasteiger partial charge on any atom is 0.233 e. The van der Waals surface area contributed by atoms with Gasteiger partial charge in [-0.25, -0.2) is 0 Å². The number of carbonyl (C=O) groups excluding carboxylic acids is 1. The molecule has 0 aliphatic rings. The van der Waals surface area contributed by atoms with Crippen molar-refractivity contribution in [2.45, 2.75) is 19.8 Å². The summed E-state index contributed by atoms with van der Waals surface area (Å²) in [7, 11) is 1.66. The minimum absolute atomic E-state index is 0.0367. The highest BCUT2D eigenvalue weighted by atomic mass is 16.5. The summed E-state index contributed by atoms with van der Waals surface area (Å²) in [5, 5.41) is 2.65. The highest BCUT2D eigenvalue weighted by Gasteiger charge is 2.08. The van der Waals surface area contributed by atoms with E-state index in [1.165, 1.54) is 5.56 Å². The molecule has 0 atom stereocenters.